The Morgan fingerprint density at radius 1 is 1.04 bits per heavy atom. The molecule has 1 heterocycles. The standard InChI is InChI=1S/C20H19NO2S/c1-15-8-10-16(11-9-15)23-19-7-3-2-6-18(19)21-20(22)13-12-17-5-4-14-24-17/h2-11,14H,12-13H2,1H3,(H,21,22). The molecular weight excluding hydrogens is 318 g/mol. The fourth-order valence-electron chi connectivity index (χ4n) is 2.30. The van der Waals surface area contributed by atoms with Crippen LogP contribution in [0, 0.1) is 6.92 Å². The first-order valence-electron chi connectivity index (χ1n) is 7.86. The van der Waals surface area contributed by atoms with Crippen LogP contribution in [0.2, 0.25) is 0 Å². The second kappa shape index (κ2) is 7.79. The second-order valence-electron chi connectivity index (χ2n) is 5.54. The lowest BCUT2D eigenvalue weighted by Crippen LogP contribution is -2.12. The van der Waals surface area contributed by atoms with Gasteiger partial charge in [-0.2, -0.15) is 0 Å². The van der Waals surface area contributed by atoms with Gasteiger partial charge in [0.1, 0.15) is 5.75 Å². The van der Waals surface area contributed by atoms with Crippen molar-refractivity contribution in [3.05, 3.63) is 76.5 Å². The van der Waals surface area contributed by atoms with Crippen LogP contribution in [-0.2, 0) is 11.2 Å². The lowest BCUT2D eigenvalue weighted by atomic mass is 10.2. The smallest absolute Gasteiger partial charge is 0.224 e. The predicted octanol–water partition coefficient (Wildman–Crippen LogP) is 5.42. The molecule has 1 amide bonds. The third kappa shape index (κ3) is 4.46. The minimum atomic E-state index is -0.0108. The lowest BCUT2D eigenvalue weighted by Gasteiger charge is -2.12. The summed E-state index contributed by atoms with van der Waals surface area (Å²) in [5.74, 6) is 1.38. The van der Waals surface area contributed by atoms with Crippen molar-refractivity contribution in [2.75, 3.05) is 5.32 Å². The number of carbonyl (C=O) groups is 1. The van der Waals surface area contributed by atoms with E-state index < -0.39 is 0 Å². The van der Waals surface area contributed by atoms with E-state index in [0.29, 0.717) is 17.9 Å². The largest absolute Gasteiger partial charge is 0.455 e. The molecule has 3 rings (SSSR count). The minimum Gasteiger partial charge on any atom is -0.455 e. The van der Waals surface area contributed by atoms with E-state index in [-0.39, 0.29) is 5.91 Å². The predicted molar refractivity (Wildman–Crippen MR) is 99.0 cm³/mol. The molecule has 0 radical (unpaired) electrons. The number of para-hydroxylation sites is 2. The van der Waals surface area contributed by atoms with Gasteiger partial charge in [-0.3, -0.25) is 4.79 Å². The van der Waals surface area contributed by atoms with Gasteiger partial charge < -0.3 is 10.1 Å². The topological polar surface area (TPSA) is 38.3 Å². The number of benzene rings is 2. The first-order chi connectivity index (χ1) is 11.7. The number of rotatable bonds is 6. The summed E-state index contributed by atoms with van der Waals surface area (Å²) in [6.45, 7) is 2.03. The molecule has 3 aromatic rings. The number of hydrogen-bond donors (Lipinski definition) is 1. The average Bonchev–Trinajstić information content (AvgIpc) is 3.10. The number of hydrogen-bond acceptors (Lipinski definition) is 3. The van der Waals surface area contributed by atoms with Gasteiger partial charge in [0.2, 0.25) is 5.91 Å². The summed E-state index contributed by atoms with van der Waals surface area (Å²) in [5.41, 5.74) is 1.87. The van der Waals surface area contributed by atoms with Gasteiger partial charge in [0, 0.05) is 11.3 Å². The van der Waals surface area contributed by atoms with E-state index in [0.717, 1.165) is 12.2 Å². The summed E-state index contributed by atoms with van der Waals surface area (Å²) in [6.07, 6.45) is 1.21. The van der Waals surface area contributed by atoms with Crippen LogP contribution in [0.25, 0.3) is 0 Å². The van der Waals surface area contributed by atoms with Crippen LogP contribution < -0.4 is 10.1 Å². The maximum absolute atomic E-state index is 12.2. The van der Waals surface area contributed by atoms with Crippen LogP contribution in [0.1, 0.15) is 16.9 Å². The number of aryl methyl sites for hydroxylation is 2. The summed E-state index contributed by atoms with van der Waals surface area (Å²) < 4.78 is 5.90. The fraction of sp³-hybridized carbons (Fsp3) is 0.150. The Kier molecular flexibility index (Phi) is 5.29. The van der Waals surface area contributed by atoms with Gasteiger partial charge in [-0.25, -0.2) is 0 Å². The van der Waals surface area contributed by atoms with E-state index in [1.807, 2.05) is 73.0 Å². The normalized spacial score (nSPS) is 10.4. The van der Waals surface area contributed by atoms with Crippen molar-refractivity contribution < 1.29 is 9.53 Å². The minimum absolute atomic E-state index is 0.0108. The molecule has 1 aromatic heterocycles. The summed E-state index contributed by atoms with van der Waals surface area (Å²) in [7, 11) is 0. The van der Waals surface area contributed by atoms with Crippen molar-refractivity contribution >= 4 is 22.9 Å². The molecule has 0 aliphatic rings. The molecule has 0 atom stereocenters. The first kappa shape index (κ1) is 16.3. The summed E-state index contributed by atoms with van der Waals surface area (Å²) >= 11 is 1.67. The summed E-state index contributed by atoms with van der Waals surface area (Å²) in [6, 6.07) is 19.4. The molecule has 0 unspecified atom stereocenters. The van der Waals surface area contributed by atoms with E-state index in [2.05, 4.69) is 5.32 Å². The Bertz CT molecular complexity index is 795. The van der Waals surface area contributed by atoms with Crippen molar-refractivity contribution in [2.45, 2.75) is 19.8 Å². The Morgan fingerprint density at radius 3 is 2.58 bits per heavy atom. The molecule has 1 N–H and O–H groups in total. The van der Waals surface area contributed by atoms with Gasteiger partial charge in [-0.1, -0.05) is 35.9 Å². The molecule has 0 spiro atoms. The third-order valence-corrected chi connectivity index (χ3v) is 4.52. The molecule has 122 valence electrons. The Balaban J connectivity index is 1.65. The van der Waals surface area contributed by atoms with Crippen molar-refractivity contribution in [3.63, 3.8) is 0 Å². The SMILES string of the molecule is Cc1ccc(Oc2ccccc2NC(=O)CCc2cccs2)cc1. The molecule has 0 aliphatic carbocycles. The van der Waals surface area contributed by atoms with Crippen molar-refractivity contribution in [2.24, 2.45) is 0 Å². The number of ether oxygens (including phenoxy) is 1. The molecule has 4 heteroatoms. The highest BCUT2D eigenvalue weighted by molar-refractivity contribution is 7.09. The molecule has 24 heavy (non-hydrogen) atoms. The molecule has 3 nitrogen and oxygen atoms in total. The number of amides is 1. The highest BCUT2D eigenvalue weighted by Gasteiger charge is 2.09. The molecular formula is C20H19NO2S. The van der Waals surface area contributed by atoms with E-state index in [1.54, 1.807) is 11.3 Å². The maximum atomic E-state index is 12.2. The van der Waals surface area contributed by atoms with Crippen LogP contribution in [0.4, 0.5) is 5.69 Å². The van der Waals surface area contributed by atoms with E-state index in [4.69, 9.17) is 4.74 Å². The molecule has 0 aliphatic heterocycles. The highest BCUT2D eigenvalue weighted by atomic mass is 32.1. The lowest BCUT2D eigenvalue weighted by molar-refractivity contribution is -0.116. The number of nitrogens with one attached hydrogen (secondary N) is 1. The van der Waals surface area contributed by atoms with Crippen molar-refractivity contribution in [1.82, 2.24) is 0 Å². The van der Waals surface area contributed by atoms with Gasteiger partial charge in [-0.15, -0.1) is 11.3 Å². The molecule has 0 bridgehead atoms. The van der Waals surface area contributed by atoms with E-state index in [9.17, 15) is 4.79 Å². The third-order valence-electron chi connectivity index (χ3n) is 3.59. The molecule has 2 aromatic carbocycles. The van der Waals surface area contributed by atoms with Crippen molar-refractivity contribution in [1.29, 1.82) is 0 Å². The number of anilines is 1. The maximum Gasteiger partial charge on any atom is 0.224 e. The zero-order valence-electron chi connectivity index (χ0n) is 13.5. The second-order valence-corrected chi connectivity index (χ2v) is 6.57. The van der Waals surface area contributed by atoms with Crippen LogP contribution in [0.3, 0.4) is 0 Å². The summed E-state index contributed by atoms with van der Waals surface area (Å²) in [5, 5.41) is 4.97. The van der Waals surface area contributed by atoms with Crippen LogP contribution in [0.15, 0.2) is 66.0 Å². The van der Waals surface area contributed by atoms with Gasteiger partial charge >= 0.3 is 0 Å². The quantitative estimate of drug-likeness (QED) is 0.652. The van der Waals surface area contributed by atoms with Gasteiger partial charge in [-0.05, 0) is 49.1 Å². The van der Waals surface area contributed by atoms with Gasteiger partial charge in [0.25, 0.3) is 0 Å². The zero-order valence-corrected chi connectivity index (χ0v) is 14.3. The summed E-state index contributed by atoms with van der Waals surface area (Å²) in [4.78, 5) is 13.4. The molecule has 0 fully saturated rings. The Hall–Kier alpha value is -2.59. The van der Waals surface area contributed by atoms with Crippen molar-refractivity contribution in [3.8, 4) is 11.5 Å². The van der Waals surface area contributed by atoms with Crippen LogP contribution in [-0.4, -0.2) is 5.91 Å². The van der Waals surface area contributed by atoms with E-state index in [1.165, 1.54) is 10.4 Å². The molecule has 0 saturated carbocycles. The van der Waals surface area contributed by atoms with Gasteiger partial charge in [0.15, 0.2) is 5.75 Å². The highest BCUT2D eigenvalue weighted by Crippen LogP contribution is 2.29. The monoisotopic (exact) mass is 337 g/mol. The zero-order chi connectivity index (χ0) is 16.8. The number of thiophene rings is 1. The van der Waals surface area contributed by atoms with E-state index >= 15 is 0 Å². The van der Waals surface area contributed by atoms with Crippen LogP contribution >= 0.6 is 11.3 Å². The Labute approximate surface area is 145 Å². The average molecular weight is 337 g/mol. The Morgan fingerprint density at radius 2 is 1.83 bits per heavy atom. The number of carbonyl (C=O) groups excluding carboxylic acids is 1. The first-order valence-corrected chi connectivity index (χ1v) is 8.74. The molecule has 0 saturated heterocycles. The van der Waals surface area contributed by atoms with Crippen LogP contribution in [0.5, 0.6) is 11.5 Å². The fourth-order valence-corrected chi connectivity index (χ4v) is 3.01. The van der Waals surface area contributed by atoms with Gasteiger partial charge in [0.05, 0.1) is 5.69 Å².